The van der Waals surface area contributed by atoms with Gasteiger partial charge in [-0.2, -0.15) is 0 Å². The normalized spacial score (nSPS) is 11.1. The van der Waals surface area contributed by atoms with Gasteiger partial charge in [0.15, 0.2) is 14.7 Å². The van der Waals surface area contributed by atoms with Crippen molar-refractivity contribution in [1.29, 1.82) is 0 Å². The van der Waals surface area contributed by atoms with E-state index >= 15 is 0 Å². The maximum absolute atomic E-state index is 9.26. The van der Waals surface area contributed by atoms with Crippen LogP contribution in [-0.2, 0) is 15.7 Å². The van der Waals surface area contributed by atoms with E-state index in [1.807, 2.05) is 0 Å². The topological polar surface area (TPSA) is 40.1 Å². The highest BCUT2D eigenvalue weighted by Crippen LogP contribution is 2.48. The van der Waals surface area contributed by atoms with Crippen molar-refractivity contribution in [2.75, 3.05) is 0 Å². The van der Waals surface area contributed by atoms with Crippen molar-refractivity contribution in [2.45, 2.75) is 28.0 Å². The molecule has 9 rings (SSSR count). The average molecular weight is 715 g/mol. The van der Waals surface area contributed by atoms with Gasteiger partial charge >= 0.3 is 0 Å². The zero-order valence-corrected chi connectivity index (χ0v) is 30.8. The third kappa shape index (κ3) is 6.90. The largest absolute Gasteiger partial charge is 0.550 e. The first kappa shape index (κ1) is 34.7. The van der Waals surface area contributed by atoms with Gasteiger partial charge in [-0.25, -0.2) is 0 Å². The second kappa shape index (κ2) is 15.7. The van der Waals surface area contributed by atoms with Gasteiger partial charge in [0.05, 0.1) is 0 Å². The molecule has 0 aliphatic rings. The molecule has 0 aromatic heterocycles. The quantitative estimate of drug-likeness (QED) is 0.154. The van der Waals surface area contributed by atoms with Crippen LogP contribution in [0.25, 0.3) is 65.7 Å². The van der Waals surface area contributed by atoms with E-state index < -0.39 is 16.9 Å². The van der Waals surface area contributed by atoms with Crippen LogP contribution in [0.4, 0.5) is 0 Å². The van der Waals surface area contributed by atoms with E-state index in [-0.39, 0.29) is 6.42 Å². The van der Waals surface area contributed by atoms with E-state index in [4.69, 9.17) is 0 Å². The minimum absolute atomic E-state index is 0.111. The van der Waals surface area contributed by atoms with E-state index in [2.05, 4.69) is 200 Å². The Balaban J connectivity index is 0.000000778. The van der Waals surface area contributed by atoms with Gasteiger partial charge in [0.1, 0.15) is 10.9 Å². The van der Waals surface area contributed by atoms with Crippen LogP contribution in [0.5, 0.6) is 0 Å². The summed E-state index contributed by atoms with van der Waals surface area (Å²) >= 11 is 0. The molecule has 0 bridgehead atoms. The third-order valence-electron chi connectivity index (χ3n) is 9.80. The number of carboxylic acid groups (broad SMARTS) is 1. The second-order valence-electron chi connectivity index (χ2n) is 13.1. The minimum atomic E-state index is -0.995. The maximum Gasteiger partial charge on any atom is 0.182 e. The molecule has 0 saturated heterocycles. The predicted octanol–water partition coefficient (Wildman–Crippen LogP) is 12.4. The molecule has 9 aromatic carbocycles. The molecule has 0 amide bonds. The fourth-order valence-corrected chi connectivity index (χ4v) is 9.67. The highest BCUT2D eigenvalue weighted by molar-refractivity contribution is 7.97. The first-order chi connectivity index (χ1) is 26.6. The molecule has 0 aliphatic heterocycles. The van der Waals surface area contributed by atoms with Crippen LogP contribution in [-0.4, -0.2) is 5.97 Å². The summed E-state index contributed by atoms with van der Waals surface area (Å²) in [6, 6.07) is 73.7. The number of hydrogen-bond donors (Lipinski definition) is 0. The number of carboxylic acids is 1. The number of benzene rings is 9. The smallest absolute Gasteiger partial charge is 0.182 e. The Morgan fingerprint density at radius 2 is 0.759 bits per heavy atom. The molecule has 260 valence electrons. The van der Waals surface area contributed by atoms with Crippen LogP contribution in [0.3, 0.4) is 0 Å². The van der Waals surface area contributed by atoms with Crippen LogP contribution in [0.15, 0.2) is 215 Å². The highest BCUT2D eigenvalue weighted by Gasteiger charge is 2.36. The molecular weight excluding hydrogens is 677 g/mol. The van der Waals surface area contributed by atoms with Gasteiger partial charge < -0.3 is 9.90 Å². The molecule has 54 heavy (non-hydrogen) atoms. The van der Waals surface area contributed by atoms with Gasteiger partial charge in [0, 0.05) is 17.1 Å². The van der Waals surface area contributed by atoms with Crippen molar-refractivity contribution in [3.63, 3.8) is 0 Å². The number of carbonyl (C=O) groups excluding carboxylic acids is 1. The molecule has 0 heterocycles. The molecule has 0 saturated carbocycles. The molecule has 0 unspecified atom stereocenters. The first-order valence-corrected chi connectivity index (χ1v) is 19.5. The lowest BCUT2D eigenvalue weighted by Gasteiger charge is -2.21. The number of hydrogen-bond acceptors (Lipinski definition) is 2. The molecule has 9 aromatic rings. The van der Waals surface area contributed by atoms with Crippen LogP contribution in [0.1, 0.15) is 13.3 Å². The van der Waals surface area contributed by atoms with E-state index in [1.165, 1.54) is 87.3 Å². The zero-order chi connectivity index (χ0) is 36.9. The van der Waals surface area contributed by atoms with Gasteiger partial charge in [0.25, 0.3) is 0 Å². The van der Waals surface area contributed by atoms with E-state index in [9.17, 15) is 9.90 Å². The van der Waals surface area contributed by atoms with E-state index in [0.29, 0.717) is 0 Å². The predicted molar refractivity (Wildman–Crippen MR) is 226 cm³/mol. The molecule has 0 fully saturated rings. The maximum atomic E-state index is 9.26. The Kier molecular flexibility index (Phi) is 10.1. The summed E-state index contributed by atoms with van der Waals surface area (Å²) in [4.78, 5) is 13.2. The SMILES string of the molecule is CCC(=O)[O-].c1ccc([S+](c2ccccc2)c2c(-c3cccc4ccccc34)cc(-c3cccc4ccccc34)cc2-c2cccc3ccccc23)cc1. The van der Waals surface area contributed by atoms with Crippen molar-refractivity contribution in [1.82, 2.24) is 0 Å². The summed E-state index contributed by atoms with van der Waals surface area (Å²) < 4.78 is 0. The van der Waals surface area contributed by atoms with Gasteiger partial charge in [-0.15, -0.1) is 0 Å². The van der Waals surface area contributed by atoms with Crippen molar-refractivity contribution in [2.24, 2.45) is 0 Å². The van der Waals surface area contributed by atoms with Gasteiger partial charge in [-0.3, -0.25) is 0 Å². The van der Waals surface area contributed by atoms with E-state index in [1.54, 1.807) is 0 Å². The first-order valence-electron chi connectivity index (χ1n) is 18.3. The molecule has 3 heteroatoms. The monoisotopic (exact) mass is 714 g/mol. The summed E-state index contributed by atoms with van der Waals surface area (Å²) in [6.45, 7) is 1.54. The molecule has 0 radical (unpaired) electrons. The second-order valence-corrected chi connectivity index (χ2v) is 15.1. The van der Waals surface area contributed by atoms with Crippen molar-refractivity contribution in [3.05, 3.63) is 200 Å². The lowest BCUT2D eigenvalue weighted by atomic mass is 9.88. The van der Waals surface area contributed by atoms with Crippen molar-refractivity contribution in [3.8, 4) is 33.4 Å². The standard InChI is InChI=1S/C48H33S.C3H6O2/c1-3-22-38(23-4-1)49(39-24-5-2-6-25-39)48-46(44-30-14-20-35-17-8-11-27-41(35)44)32-37(43-29-13-19-34-16-7-10-26-40(34)43)33-47(48)45-31-15-21-36-18-9-12-28-42(36)45;1-2-3(4)5/h1-33H;2H2,1H3,(H,4,5)/q+1;/p-1. The summed E-state index contributed by atoms with van der Waals surface area (Å²) in [5, 5.41) is 16.8. The third-order valence-corrected chi connectivity index (χ3v) is 12.1. The molecule has 2 nitrogen and oxygen atoms in total. The number of aliphatic carboxylic acids is 1. The highest BCUT2D eigenvalue weighted by atomic mass is 32.2. The molecule has 0 N–H and O–H groups in total. The Hall–Kier alpha value is -6.42. The average Bonchev–Trinajstić information content (AvgIpc) is 3.24. The van der Waals surface area contributed by atoms with Crippen LogP contribution in [0, 0.1) is 0 Å². The number of rotatable bonds is 7. The lowest BCUT2D eigenvalue weighted by molar-refractivity contribution is -0.305. The van der Waals surface area contributed by atoms with Crippen LogP contribution in [0.2, 0.25) is 0 Å². The fourth-order valence-electron chi connectivity index (χ4n) is 7.29. The Labute approximate surface area is 319 Å². The van der Waals surface area contributed by atoms with Crippen LogP contribution < -0.4 is 5.11 Å². The van der Waals surface area contributed by atoms with Crippen LogP contribution >= 0.6 is 0 Å². The summed E-state index contributed by atoms with van der Waals surface area (Å²) in [5.41, 5.74) is 7.49. The molecular formula is C51H38O2S. The molecule has 0 aliphatic carbocycles. The summed E-state index contributed by atoms with van der Waals surface area (Å²) in [5.74, 6) is -0.995. The number of carbonyl (C=O) groups is 1. The Bertz CT molecular complexity index is 2580. The van der Waals surface area contributed by atoms with Crippen molar-refractivity contribution >= 4 is 49.2 Å². The van der Waals surface area contributed by atoms with Gasteiger partial charge in [-0.05, 0) is 97.4 Å². The lowest BCUT2D eigenvalue weighted by Crippen LogP contribution is -2.19. The summed E-state index contributed by atoms with van der Waals surface area (Å²) in [6.07, 6.45) is 0.111. The molecule has 0 atom stereocenters. The minimum Gasteiger partial charge on any atom is -0.550 e. The zero-order valence-electron chi connectivity index (χ0n) is 30.0. The van der Waals surface area contributed by atoms with Gasteiger partial charge in [-0.1, -0.05) is 171 Å². The molecule has 0 spiro atoms. The fraction of sp³-hybridized carbons (Fsp3) is 0.0392. The van der Waals surface area contributed by atoms with E-state index in [0.717, 1.165) is 0 Å². The van der Waals surface area contributed by atoms with Crippen molar-refractivity contribution < 1.29 is 9.90 Å². The Morgan fingerprint density at radius 1 is 0.426 bits per heavy atom. The van der Waals surface area contributed by atoms with Gasteiger partial charge in [0.2, 0.25) is 0 Å². The summed E-state index contributed by atoms with van der Waals surface area (Å²) in [7, 11) is -0.416. The Morgan fingerprint density at radius 3 is 1.17 bits per heavy atom. The number of fused-ring (bicyclic) bond motifs is 3.